The highest BCUT2D eigenvalue weighted by Crippen LogP contribution is 2.36. The molecule has 0 radical (unpaired) electrons. The number of rotatable bonds is 6. The number of nitrogens with one attached hydrogen (secondary N) is 2. The van der Waals surface area contributed by atoms with Gasteiger partial charge in [0.05, 0.1) is 28.2 Å². The number of β-amino-alcohol motifs (C(OH)–C–C–N with tert-alkyl or cyclic N) is 1. The number of aliphatic hydroxyl groups excluding tert-OH is 1. The molecule has 1 saturated heterocycles. The molecule has 1 aromatic carbocycles. The summed E-state index contributed by atoms with van der Waals surface area (Å²) in [7, 11) is 0. The summed E-state index contributed by atoms with van der Waals surface area (Å²) >= 11 is 1.59. The van der Waals surface area contributed by atoms with Crippen LogP contribution in [0, 0.1) is 17.8 Å². The molecule has 0 saturated carbocycles. The molecule has 1 unspecified atom stereocenters. The molecule has 4 atom stereocenters. The number of aliphatic hydroxyl groups is 1. The molecule has 2 aromatic rings. The van der Waals surface area contributed by atoms with Crippen molar-refractivity contribution in [1.82, 2.24) is 20.5 Å². The quantitative estimate of drug-likeness (QED) is 0.528. The lowest BCUT2D eigenvalue weighted by Crippen LogP contribution is -2.57. The number of carbonyl (C=O) groups is 3. The molecule has 202 valence electrons. The molecule has 2 heterocycles. The van der Waals surface area contributed by atoms with Crippen molar-refractivity contribution < 1.29 is 19.5 Å². The standard InChI is InChI=1S/C28H40N4O4S/c1-16-22(37-15-29-16)18-9-11-19(12-10-18)23(27(3,4)5)31-25(35)21-13-20(34)14-32(21)26(36)24(28(6,7)8)30-17(2)33/h9-12,15,20-21,23-24,34H,13-14H2,1-8H3,(H,30,33)(H,31,35)/t20-,21+,23?,24-/m1/s1. The molecule has 1 fully saturated rings. The maximum absolute atomic E-state index is 13.6. The highest BCUT2D eigenvalue weighted by Gasteiger charge is 2.45. The molecule has 3 amide bonds. The lowest BCUT2D eigenvalue weighted by molar-refractivity contribution is -0.144. The third-order valence-corrected chi connectivity index (χ3v) is 7.71. The van der Waals surface area contributed by atoms with Crippen molar-refractivity contribution in [1.29, 1.82) is 0 Å². The lowest BCUT2D eigenvalue weighted by Gasteiger charge is -2.37. The van der Waals surface area contributed by atoms with E-state index in [1.54, 1.807) is 11.3 Å². The Morgan fingerprint density at radius 1 is 1.05 bits per heavy atom. The van der Waals surface area contributed by atoms with Gasteiger partial charge in [-0.25, -0.2) is 4.98 Å². The first-order valence-corrected chi connectivity index (χ1v) is 13.5. The maximum Gasteiger partial charge on any atom is 0.246 e. The lowest BCUT2D eigenvalue weighted by atomic mass is 9.82. The average Bonchev–Trinajstić information content (AvgIpc) is 3.39. The summed E-state index contributed by atoms with van der Waals surface area (Å²) in [5.41, 5.74) is 3.96. The topological polar surface area (TPSA) is 112 Å². The fourth-order valence-electron chi connectivity index (χ4n) is 4.77. The summed E-state index contributed by atoms with van der Waals surface area (Å²) in [5, 5.41) is 16.3. The van der Waals surface area contributed by atoms with Gasteiger partial charge < -0.3 is 20.6 Å². The molecular weight excluding hydrogens is 488 g/mol. The second kappa shape index (κ2) is 10.9. The van der Waals surface area contributed by atoms with E-state index < -0.39 is 23.6 Å². The SMILES string of the molecule is CC(=O)N[C@H](C(=O)N1C[C@H](O)C[C@H]1C(=O)NC(c1ccc(-c2scnc2C)cc1)C(C)(C)C)C(C)(C)C. The molecule has 1 aliphatic rings. The Morgan fingerprint density at radius 2 is 1.68 bits per heavy atom. The van der Waals surface area contributed by atoms with E-state index in [4.69, 9.17) is 0 Å². The minimum absolute atomic E-state index is 0.0478. The van der Waals surface area contributed by atoms with Gasteiger partial charge >= 0.3 is 0 Å². The minimum Gasteiger partial charge on any atom is -0.391 e. The summed E-state index contributed by atoms with van der Waals surface area (Å²) in [6.07, 6.45) is -0.665. The number of hydrogen-bond acceptors (Lipinski definition) is 6. The first kappa shape index (κ1) is 28.8. The number of aryl methyl sites for hydroxylation is 1. The molecule has 0 bridgehead atoms. The second-order valence-electron chi connectivity index (χ2n) is 12.1. The van der Waals surface area contributed by atoms with Gasteiger partial charge in [0.1, 0.15) is 12.1 Å². The molecule has 9 heteroatoms. The number of aromatic nitrogens is 1. The van der Waals surface area contributed by atoms with Gasteiger partial charge in [-0.3, -0.25) is 14.4 Å². The Kier molecular flexibility index (Phi) is 8.49. The maximum atomic E-state index is 13.6. The predicted molar refractivity (Wildman–Crippen MR) is 146 cm³/mol. The van der Waals surface area contributed by atoms with E-state index in [0.29, 0.717) is 0 Å². The number of nitrogens with zero attached hydrogens (tertiary/aromatic N) is 2. The summed E-state index contributed by atoms with van der Waals surface area (Å²) in [6, 6.07) is 6.15. The van der Waals surface area contributed by atoms with E-state index in [-0.39, 0.29) is 42.1 Å². The van der Waals surface area contributed by atoms with Crippen LogP contribution in [0.2, 0.25) is 0 Å². The van der Waals surface area contributed by atoms with E-state index in [2.05, 4.69) is 36.4 Å². The molecule has 3 N–H and O–H groups in total. The normalized spacial score (nSPS) is 19.9. The first-order chi connectivity index (χ1) is 17.1. The van der Waals surface area contributed by atoms with E-state index in [1.165, 1.54) is 11.8 Å². The van der Waals surface area contributed by atoms with Gasteiger partial charge in [-0.2, -0.15) is 0 Å². The van der Waals surface area contributed by atoms with Crippen LogP contribution in [0.3, 0.4) is 0 Å². The molecule has 1 aromatic heterocycles. The van der Waals surface area contributed by atoms with Crippen molar-refractivity contribution in [2.45, 2.75) is 86.0 Å². The van der Waals surface area contributed by atoms with Crippen molar-refractivity contribution in [2.75, 3.05) is 6.54 Å². The highest BCUT2D eigenvalue weighted by molar-refractivity contribution is 7.13. The summed E-state index contributed by atoms with van der Waals surface area (Å²) in [6.45, 7) is 15.1. The van der Waals surface area contributed by atoms with Crippen LogP contribution in [-0.2, 0) is 14.4 Å². The predicted octanol–water partition coefficient (Wildman–Crippen LogP) is 3.83. The van der Waals surface area contributed by atoms with E-state index in [9.17, 15) is 19.5 Å². The van der Waals surface area contributed by atoms with Crippen LogP contribution in [0.5, 0.6) is 0 Å². The van der Waals surface area contributed by atoms with Crippen molar-refractivity contribution >= 4 is 29.1 Å². The Bertz CT molecular complexity index is 1130. The molecule has 1 aliphatic heterocycles. The molecular formula is C28H40N4O4S. The smallest absolute Gasteiger partial charge is 0.246 e. The van der Waals surface area contributed by atoms with E-state index in [1.807, 2.05) is 57.5 Å². The van der Waals surface area contributed by atoms with Gasteiger partial charge in [0, 0.05) is 19.9 Å². The fourth-order valence-corrected chi connectivity index (χ4v) is 5.58. The van der Waals surface area contributed by atoms with Crippen LogP contribution < -0.4 is 10.6 Å². The third kappa shape index (κ3) is 6.76. The van der Waals surface area contributed by atoms with Crippen molar-refractivity contribution in [2.24, 2.45) is 10.8 Å². The molecule has 37 heavy (non-hydrogen) atoms. The van der Waals surface area contributed by atoms with Crippen LogP contribution in [0.1, 0.15) is 72.2 Å². The third-order valence-electron chi connectivity index (χ3n) is 6.73. The number of thiazole rings is 1. The Morgan fingerprint density at radius 3 is 2.16 bits per heavy atom. The number of benzene rings is 1. The molecule has 0 aliphatic carbocycles. The molecule has 3 rings (SSSR count). The van der Waals surface area contributed by atoms with Gasteiger partial charge in [-0.1, -0.05) is 65.8 Å². The number of carbonyl (C=O) groups excluding carboxylic acids is 3. The summed E-state index contributed by atoms with van der Waals surface area (Å²) < 4.78 is 0. The molecule has 8 nitrogen and oxygen atoms in total. The molecule has 0 spiro atoms. The van der Waals surface area contributed by atoms with Gasteiger partial charge in [0.25, 0.3) is 0 Å². The highest BCUT2D eigenvalue weighted by atomic mass is 32.1. The van der Waals surface area contributed by atoms with Crippen LogP contribution in [0.4, 0.5) is 0 Å². The number of likely N-dealkylation sites (tertiary alicyclic amines) is 1. The van der Waals surface area contributed by atoms with Gasteiger partial charge in [0.15, 0.2) is 0 Å². The Balaban J connectivity index is 1.85. The zero-order valence-corrected chi connectivity index (χ0v) is 23.9. The summed E-state index contributed by atoms with van der Waals surface area (Å²) in [4.78, 5) is 45.8. The largest absolute Gasteiger partial charge is 0.391 e. The zero-order valence-electron chi connectivity index (χ0n) is 23.1. The van der Waals surface area contributed by atoms with Gasteiger partial charge in [0.2, 0.25) is 17.7 Å². The number of hydrogen-bond donors (Lipinski definition) is 3. The minimum atomic E-state index is -0.829. The fraction of sp³-hybridized carbons (Fsp3) is 0.571. The van der Waals surface area contributed by atoms with Crippen molar-refractivity contribution in [3.8, 4) is 10.4 Å². The van der Waals surface area contributed by atoms with Crippen LogP contribution in [0.25, 0.3) is 10.4 Å². The van der Waals surface area contributed by atoms with Crippen LogP contribution >= 0.6 is 11.3 Å². The number of amides is 3. The van der Waals surface area contributed by atoms with Crippen LogP contribution in [0.15, 0.2) is 29.8 Å². The van der Waals surface area contributed by atoms with E-state index in [0.717, 1.165) is 21.7 Å². The zero-order chi connectivity index (χ0) is 27.7. The Labute approximate surface area is 223 Å². The van der Waals surface area contributed by atoms with Crippen LogP contribution in [-0.4, -0.2) is 57.4 Å². The van der Waals surface area contributed by atoms with Crippen molar-refractivity contribution in [3.63, 3.8) is 0 Å². The second-order valence-corrected chi connectivity index (χ2v) is 12.9. The van der Waals surface area contributed by atoms with Gasteiger partial charge in [-0.15, -0.1) is 11.3 Å². The summed E-state index contributed by atoms with van der Waals surface area (Å²) in [5.74, 6) is -1.00. The monoisotopic (exact) mass is 528 g/mol. The van der Waals surface area contributed by atoms with Gasteiger partial charge in [-0.05, 0) is 28.9 Å². The Hall–Kier alpha value is -2.78. The average molecular weight is 529 g/mol. The van der Waals surface area contributed by atoms with Crippen molar-refractivity contribution in [3.05, 3.63) is 41.0 Å². The first-order valence-electron chi connectivity index (χ1n) is 12.7. The van der Waals surface area contributed by atoms with E-state index >= 15 is 0 Å².